The molecule has 0 aromatic carbocycles. The maximum atomic E-state index is 4.33. The molecule has 2 heteroatoms. The number of aromatic nitrogens is 1. The van der Waals surface area contributed by atoms with E-state index >= 15 is 0 Å². The molecule has 1 aromatic heterocycles. The summed E-state index contributed by atoms with van der Waals surface area (Å²) in [7, 11) is 0. The van der Waals surface area contributed by atoms with Gasteiger partial charge in [-0.1, -0.05) is 25.3 Å². The third-order valence-corrected chi connectivity index (χ3v) is 3.69. The summed E-state index contributed by atoms with van der Waals surface area (Å²) in [6.45, 7) is 3.22. The lowest BCUT2D eigenvalue weighted by atomic mass is 9.84. The summed E-state index contributed by atoms with van der Waals surface area (Å²) < 4.78 is 0. The van der Waals surface area contributed by atoms with Gasteiger partial charge in [0, 0.05) is 18.8 Å². The molecule has 0 spiro atoms. The Bertz CT molecular complexity index is 291. The smallest absolute Gasteiger partial charge is 0.0541 e. The van der Waals surface area contributed by atoms with E-state index in [-0.39, 0.29) is 0 Å². The van der Waals surface area contributed by atoms with Crippen LogP contribution in [0.1, 0.15) is 44.7 Å². The summed E-state index contributed by atoms with van der Waals surface area (Å²) in [5.74, 6) is 0.873. The van der Waals surface area contributed by atoms with E-state index in [1.807, 2.05) is 12.3 Å². The molecule has 1 fully saturated rings. The van der Waals surface area contributed by atoms with Gasteiger partial charge in [-0.05, 0) is 37.8 Å². The normalized spacial score (nSPS) is 19.6. The summed E-state index contributed by atoms with van der Waals surface area (Å²) in [5, 5.41) is 3.61. The molecule has 2 rings (SSSR count). The highest BCUT2D eigenvalue weighted by Gasteiger charge is 2.19. The van der Waals surface area contributed by atoms with Gasteiger partial charge in [-0.15, -0.1) is 0 Å². The average molecular weight is 218 g/mol. The molecule has 0 unspecified atom stereocenters. The third-order valence-electron chi connectivity index (χ3n) is 3.69. The number of pyridine rings is 1. The Morgan fingerprint density at radius 2 is 2.12 bits per heavy atom. The van der Waals surface area contributed by atoms with E-state index in [4.69, 9.17) is 0 Å². The van der Waals surface area contributed by atoms with Crippen LogP contribution in [0.5, 0.6) is 0 Å². The zero-order valence-electron chi connectivity index (χ0n) is 10.2. The monoisotopic (exact) mass is 218 g/mol. The second-order valence-corrected chi connectivity index (χ2v) is 4.89. The predicted molar refractivity (Wildman–Crippen MR) is 67.1 cm³/mol. The van der Waals surface area contributed by atoms with Gasteiger partial charge in [-0.25, -0.2) is 0 Å². The van der Waals surface area contributed by atoms with Crippen molar-refractivity contribution < 1.29 is 0 Å². The Labute approximate surface area is 98.5 Å². The summed E-state index contributed by atoms with van der Waals surface area (Å²) in [5.41, 5.74) is 1.14. The Morgan fingerprint density at radius 1 is 1.31 bits per heavy atom. The molecule has 0 saturated heterocycles. The maximum absolute atomic E-state index is 4.33. The predicted octanol–water partition coefficient (Wildman–Crippen LogP) is 3.14. The summed E-state index contributed by atoms with van der Waals surface area (Å²) >= 11 is 0. The Hall–Kier alpha value is -0.890. The lowest BCUT2D eigenvalue weighted by Gasteiger charge is -2.28. The second kappa shape index (κ2) is 6.00. The number of rotatable bonds is 4. The van der Waals surface area contributed by atoms with Crippen LogP contribution < -0.4 is 5.32 Å². The van der Waals surface area contributed by atoms with Gasteiger partial charge in [0.15, 0.2) is 0 Å². The molecule has 2 nitrogen and oxygen atoms in total. The van der Waals surface area contributed by atoms with Crippen molar-refractivity contribution in [3.05, 3.63) is 30.1 Å². The van der Waals surface area contributed by atoms with Crippen LogP contribution >= 0.6 is 0 Å². The Kier molecular flexibility index (Phi) is 4.34. The van der Waals surface area contributed by atoms with Crippen molar-refractivity contribution in [2.24, 2.45) is 5.92 Å². The van der Waals surface area contributed by atoms with Crippen LogP contribution in [0.4, 0.5) is 0 Å². The molecule has 1 aromatic rings. The number of nitrogens with zero attached hydrogens (tertiary/aromatic N) is 1. The van der Waals surface area contributed by atoms with Gasteiger partial charge in [0.2, 0.25) is 0 Å². The first-order valence-corrected chi connectivity index (χ1v) is 6.49. The van der Waals surface area contributed by atoms with Gasteiger partial charge in [0.25, 0.3) is 0 Å². The zero-order chi connectivity index (χ0) is 11.2. The molecule has 0 radical (unpaired) electrons. The van der Waals surface area contributed by atoms with Crippen molar-refractivity contribution in [1.29, 1.82) is 0 Å². The van der Waals surface area contributed by atoms with E-state index in [1.54, 1.807) is 0 Å². The van der Waals surface area contributed by atoms with E-state index in [2.05, 4.69) is 29.4 Å². The van der Waals surface area contributed by atoms with Gasteiger partial charge >= 0.3 is 0 Å². The Balaban J connectivity index is 1.76. The molecule has 1 heterocycles. The van der Waals surface area contributed by atoms with Crippen LogP contribution in [-0.2, 0) is 6.54 Å². The molecular formula is C14H22N2. The third kappa shape index (κ3) is 3.31. The first-order chi connectivity index (χ1) is 7.86. The molecule has 0 aliphatic heterocycles. The number of hydrogen-bond donors (Lipinski definition) is 1. The molecule has 1 N–H and O–H groups in total. The molecule has 1 aliphatic rings. The van der Waals surface area contributed by atoms with Gasteiger partial charge in [0.05, 0.1) is 5.69 Å². The van der Waals surface area contributed by atoms with Crippen molar-refractivity contribution in [2.45, 2.75) is 51.6 Å². The quantitative estimate of drug-likeness (QED) is 0.839. The SMILES string of the molecule is C[C@H](NCc1ccccn1)C1CCCCC1. The van der Waals surface area contributed by atoms with Crippen molar-refractivity contribution in [3.8, 4) is 0 Å². The molecule has 1 atom stereocenters. The second-order valence-electron chi connectivity index (χ2n) is 4.89. The highest BCUT2D eigenvalue weighted by atomic mass is 14.9. The molecule has 0 bridgehead atoms. The van der Waals surface area contributed by atoms with E-state index in [1.165, 1.54) is 32.1 Å². The van der Waals surface area contributed by atoms with Crippen LogP contribution in [0.15, 0.2) is 24.4 Å². The molecule has 1 aliphatic carbocycles. The summed E-state index contributed by atoms with van der Waals surface area (Å²) in [4.78, 5) is 4.33. The minimum absolute atomic E-state index is 0.627. The Morgan fingerprint density at radius 3 is 2.81 bits per heavy atom. The van der Waals surface area contributed by atoms with E-state index in [0.29, 0.717) is 6.04 Å². The van der Waals surface area contributed by atoms with Gasteiger partial charge in [0.1, 0.15) is 0 Å². The van der Waals surface area contributed by atoms with Crippen molar-refractivity contribution in [3.63, 3.8) is 0 Å². The van der Waals surface area contributed by atoms with Crippen LogP contribution in [0.3, 0.4) is 0 Å². The van der Waals surface area contributed by atoms with Crippen molar-refractivity contribution >= 4 is 0 Å². The minimum atomic E-state index is 0.627. The maximum Gasteiger partial charge on any atom is 0.0541 e. The fourth-order valence-electron chi connectivity index (χ4n) is 2.57. The molecule has 88 valence electrons. The minimum Gasteiger partial charge on any atom is -0.308 e. The highest BCUT2D eigenvalue weighted by Crippen LogP contribution is 2.26. The fourth-order valence-corrected chi connectivity index (χ4v) is 2.57. The summed E-state index contributed by atoms with van der Waals surface area (Å²) in [6, 6.07) is 6.73. The van der Waals surface area contributed by atoms with E-state index < -0.39 is 0 Å². The lowest BCUT2D eigenvalue weighted by Crippen LogP contribution is -2.34. The molecular weight excluding hydrogens is 196 g/mol. The number of hydrogen-bond acceptors (Lipinski definition) is 2. The topological polar surface area (TPSA) is 24.9 Å². The van der Waals surface area contributed by atoms with Crippen molar-refractivity contribution in [1.82, 2.24) is 10.3 Å². The molecule has 1 saturated carbocycles. The molecule has 0 amide bonds. The van der Waals surface area contributed by atoms with Gasteiger partial charge in [-0.3, -0.25) is 4.98 Å². The van der Waals surface area contributed by atoms with Gasteiger partial charge in [-0.2, -0.15) is 0 Å². The van der Waals surface area contributed by atoms with Crippen molar-refractivity contribution in [2.75, 3.05) is 0 Å². The lowest BCUT2D eigenvalue weighted by molar-refractivity contribution is 0.280. The highest BCUT2D eigenvalue weighted by molar-refractivity contribution is 5.03. The van der Waals surface area contributed by atoms with Crippen LogP contribution in [0.25, 0.3) is 0 Å². The first kappa shape index (κ1) is 11.6. The average Bonchev–Trinajstić information content (AvgIpc) is 2.38. The van der Waals surface area contributed by atoms with Crippen LogP contribution in [-0.4, -0.2) is 11.0 Å². The van der Waals surface area contributed by atoms with Crippen LogP contribution in [0, 0.1) is 5.92 Å². The summed E-state index contributed by atoms with van der Waals surface area (Å²) in [6.07, 6.45) is 8.93. The van der Waals surface area contributed by atoms with E-state index in [9.17, 15) is 0 Å². The molecule has 16 heavy (non-hydrogen) atoms. The number of nitrogens with one attached hydrogen (secondary N) is 1. The van der Waals surface area contributed by atoms with Gasteiger partial charge < -0.3 is 5.32 Å². The fraction of sp³-hybridized carbons (Fsp3) is 0.643. The standard InChI is InChI=1S/C14H22N2/c1-12(13-7-3-2-4-8-13)16-11-14-9-5-6-10-15-14/h5-6,9-10,12-13,16H,2-4,7-8,11H2,1H3/t12-/m0/s1. The van der Waals surface area contributed by atoms with E-state index in [0.717, 1.165) is 18.2 Å². The zero-order valence-corrected chi connectivity index (χ0v) is 10.2. The van der Waals surface area contributed by atoms with Crippen LogP contribution in [0.2, 0.25) is 0 Å². The first-order valence-electron chi connectivity index (χ1n) is 6.49. The largest absolute Gasteiger partial charge is 0.308 e.